The Morgan fingerprint density at radius 2 is 2.15 bits per heavy atom. The van der Waals surface area contributed by atoms with E-state index >= 15 is 0 Å². The van der Waals surface area contributed by atoms with Crippen LogP contribution < -0.4 is 0 Å². The number of aliphatic imine (C=N–C) groups is 1. The molecule has 2 aromatic rings. The zero-order chi connectivity index (χ0) is 13.9. The Kier molecular flexibility index (Phi) is 3.70. The van der Waals surface area contributed by atoms with Gasteiger partial charge in [-0.15, -0.1) is 11.3 Å². The zero-order valence-electron chi connectivity index (χ0n) is 11.5. The van der Waals surface area contributed by atoms with E-state index in [1.807, 2.05) is 19.1 Å². The molecule has 1 aliphatic rings. The lowest BCUT2D eigenvalue weighted by Crippen LogP contribution is -1.87. The zero-order valence-corrected chi connectivity index (χ0v) is 12.3. The molecule has 0 N–H and O–H groups in total. The van der Waals surface area contributed by atoms with Crippen molar-refractivity contribution in [1.82, 2.24) is 0 Å². The number of aryl methyl sites for hydroxylation is 2. The van der Waals surface area contributed by atoms with Gasteiger partial charge in [0.25, 0.3) is 0 Å². The summed E-state index contributed by atoms with van der Waals surface area (Å²) in [5, 5.41) is 10.2. The van der Waals surface area contributed by atoms with Crippen LogP contribution in [0.5, 0.6) is 0 Å². The van der Waals surface area contributed by atoms with Crippen LogP contribution in [0.1, 0.15) is 46.8 Å². The fraction of sp³-hybridized carbons (Fsp3) is 0.375. The molecule has 0 unspecified atom stereocenters. The highest BCUT2D eigenvalue weighted by Crippen LogP contribution is 2.38. The second-order valence-electron chi connectivity index (χ2n) is 5.06. The van der Waals surface area contributed by atoms with Crippen molar-refractivity contribution in [2.45, 2.75) is 39.0 Å². The molecule has 2 aromatic heterocycles. The molecule has 1 aliphatic carbocycles. The van der Waals surface area contributed by atoms with Crippen molar-refractivity contribution >= 4 is 22.6 Å². The largest absolute Gasteiger partial charge is 0.460 e. The predicted molar refractivity (Wildman–Crippen MR) is 81.0 cm³/mol. The summed E-state index contributed by atoms with van der Waals surface area (Å²) in [5.74, 6) is 1.60. The summed E-state index contributed by atoms with van der Waals surface area (Å²) >= 11 is 1.66. The minimum absolute atomic E-state index is 0.731. The molecule has 0 fully saturated rings. The van der Waals surface area contributed by atoms with Gasteiger partial charge in [0.05, 0.1) is 11.8 Å². The van der Waals surface area contributed by atoms with Crippen LogP contribution in [-0.2, 0) is 12.8 Å². The van der Waals surface area contributed by atoms with E-state index in [1.54, 1.807) is 17.6 Å². The van der Waals surface area contributed by atoms with Gasteiger partial charge in [-0.2, -0.15) is 5.26 Å². The average molecular weight is 284 g/mol. The Hall–Kier alpha value is -1.86. The molecular weight excluding hydrogens is 268 g/mol. The number of thiophene rings is 1. The first kappa shape index (κ1) is 13.1. The first-order valence-corrected chi connectivity index (χ1v) is 7.74. The molecule has 0 spiro atoms. The number of hydrogen-bond donors (Lipinski definition) is 0. The summed E-state index contributed by atoms with van der Waals surface area (Å²) in [4.78, 5) is 5.82. The van der Waals surface area contributed by atoms with Crippen molar-refractivity contribution in [2.24, 2.45) is 4.99 Å². The maximum atomic E-state index is 9.42. The van der Waals surface area contributed by atoms with E-state index in [4.69, 9.17) is 4.42 Å². The molecule has 0 aromatic carbocycles. The predicted octanol–water partition coefficient (Wildman–Crippen LogP) is 4.54. The third kappa shape index (κ3) is 2.54. The Morgan fingerprint density at radius 1 is 1.30 bits per heavy atom. The molecule has 0 amide bonds. The van der Waals surface area contributed by atoms with E-state index in [-0.39, 0.29) is 0 Å². The molecule has 0 bridgehead atoms. The van der Waals surface area contributed by atoms with Crippen LogP contribution >= 0.6 is 11.3 Å². The molecule has 0 aliphatic heterocycles. The Morgan fingerprint density at radius 3 is 2.90 bits per heavy atom. The highest BCUT2D eigenvalue weighted by atomic mass is 32.1. The Labute approximate surface area is 122 Å². The van der Waals surface area contributed by atoms with Crippen LogP contribution in [0.25, 0.3) is 0 Å². The molecule has 3 rings (SSSR count). The van der Waals surface area contributed by atoms with Crippen molar-refractivity contribution in [2.75, 3.05) is 0 Å². The summed E-state index contributed by atoms with van der Waals surface area (Å²) < 4.78 is 5.47. The quantitative estimate of drug-likeness (QED) is 0.600. The summed E-state index contributed by atoms with van der Waals surface area (Å²) in [6.45, 7) is 1.91. The van der Waals surface area contributed by atoms with E-state index in [0.29, 0.717) is 0 Å². The van der Waals surface area contributed by atoms with Crippen molar-refractivity contribution < 1.29 is 4.42 Å². The van der Waals surface area contributed by atoms with E-state index in [9.17, 15) is 5.26 Å². The number of nitriles is 1. The number of nitrogens with zero attached hydrogens (tertiary/aromatic N) is 2. The van der Waals surface area contributed by atoms with E-state index in [1.165, 1.54) is 29.7 Å². The average Bonchev–Trinajstić information content (AvgIpc) is 2.92. The van der Waals surface area contributed by atoms with Gasteiger partial charge in [-0.25, -0.2) is 4.99 Å². The van der Waals surface area contributed by atoms with Gasteiger partial charge in [-0.1, -0.05) is 6.42 Å². The van der Waals surface area contributed by atoms with E-state index in [2.05, 4.69) is 11.1 Å². The van der Waals surface area contributed by atoms with Crippen LogP contribution in [-0.4, -0.2) is 6.21 Å². The molecule has 0 atom stereocenters. The van der Waals surface area contributed by atoms with Gasteiger partial charge in [0.15, 0.2) is 0 Å². The van der Waals surface area contributed by atoms with Crippen LogP contribution in [0.15, 0.2) is 21.5 Å². The van der Waals surface area contributed by atoms with Gasteiger partial charge in [-0.3, -0.25) is 0 Å². The Bertz CT molecular complexity index is 688. The molecular formula is C16H16N2OS. The number of rotatable bonds is 2. The van der Waals surface area contributed by atoms with Crippen LogP contribution in [0.4, 0.5) is 5.00 Å². The number of hydrogen-bond acceptors (Lipinski definition) is 4. The highest BCUT2D eigenvalue weighted by Gasteiger charge is 2.19. The van der Waals surface area contributed by atoms with Gasteiger partial charge >= 0.3 is 0 Å². The van der Waals surface area contributed by atoms with E-state index in [0.717, 1.165) is 34.9 Å². The molecule has 102 valence electrons. The minimum Gasteiger partial charge on any atom is -0.460 e. The van der Waals surface area contributed by atoms with E-state index < -0.39 is 0 Å². The second kappa shape index (κ2) is 5.64. The first-order valence-electron chi connectivity index (χ1n) is 6.93. The normalized spacial score (nSPS) is 15.0. The lowest BCUT2D eigenvalue weighted by Gasteiger charge is -1.96. The highest BCUT2D eigenvalue weighted by molar-refractivity contribution is 7.16. The molecule has 2 heterocycles. The molecule has 4 heteroatoms. The maximum absolute atomic E-state index is 9.42. The minimum atomic E-state index is 0.731. The summed E-state index contributed by atoms with van der Waals surface area (Å²) in [5.41, 5.74) is 2.00. The standard InChI is InChI=1S/C16H16N2OS/c1-11-7-8-12(19-11)10-18-16-14(9-17)13-5-3-2-4-6-15(13)20-16/h7-8,10H,2-6H2,1H3/b18-10+. The molecule has 0 radical (unpaired) electrons. The Balaban J connectivity index is 1.94. The summed E-state index contributed by atoms with van der Waals surface area (Å²) in [6, 6.07) is 6.14. The van der Waals surface area contributed by atoms with Crippen molar-refractivity contribution in [3.05, 3.63) is 39.7 Å². The summed E-state index contributed by atoms with van der Waals surface area (Å²) in [6.07, 6.45) is 7.47. The van der Waals surface area contributed by atoms with Gasteiger partial charge in [0, 0.05) is 4.88 Å². The number of furan rings is 1. The fourth-order valence-electron chi connectivity index (χ4n) is 2.58. The monoisotopic (exact) mass is 284 g/mol. The van der Waals surface area contributed by atoms with Crippen molar-refractivity contribution in [3.63, 3.8) is 0 Å². The maximum Gasteiger partial charge on any atom is 0.145 e. The third-order valence-electron chi connectivity index (χ3n) is 3.58. The molecule has 0 saturated carbocycles. The van der Waals surface area contributed by atoms with Gasteiger partial charge < -0.3 is 4.42 Å². The topological polar surface area (TPSA) is 49.3 Å². The van der Waals surface area contributed by atoms with Gasteiger partial charge in [0.2, 0.25) is 0 Å². The first-order chi connectivity index (χ1) is 9.78. The van der Waals surface area contributed by atoms with Crippen LogP contribution in [0, 0.1) is 18.3 Å². The molecule has 20 heavy (non-hydrogen) atoms. The summed E-state index contributed by atoms with van der Waals surface area (Å²) in [7, 11) is 0. The molecule has 3 nitrogen and oxygen atoms in total. The van der Waals surface area contributed by atoms with Gasteiger partial charge in [-0.05, 0) is 50.3 Å². The smallest absolute Gasteiger partial charge is 0.145 e. The number of fused-ring (bicyclic) bond motifs is 1. The van der Waals surface area contributed by atoms with Gasteiger partial charge in [0.1, 0.15) is 22.6 Å². The van der Waals surface area contributed by atoms with Crippen LogP contribution in [0.2, 0.25) is 0 Å². The molecule has 0 saturated heterocycles. The third-order valence-corrected chi connectivity index (χ3v) is 4.78. The lowest BCUT2D eigenvalue weighted by atomic mass is 10.1. The second-order valence-corrected chi connectivity index (χ2v) is 6.15. The van der Waals surface area contributed by atoms with Crippen molar-refractivity contribution in [3.8, 4) is 6.07 Å². The fourth-order valence-corrected chi connectivity index (χ4v) is 3.76. The lowest BCUT2D eigenvalue weighted by molar-refractivity contribution is 0.528. The SMILES string of the molecule is Cc1ccc(/C=N/c2sc3c(c2C#N)CCCCC3)o1. The van der Waals surface area contributed by atoms with Crippen molar-refractivity contribution in [1.29, 1.82) is 5.26 Å². The van der Waals surface area contributed by atoms with Crippen LogP contribution in [0.3, 0.4) is 0 Å².